The molecule has 0 atom stereocenters. The van der Waals surface area contributed by atoms with Crippen LogP contribution >= 0.6 is 15.9 Å². The molecule has 0 bridgehead atoms. The summed E-state index contributed by atoms with van der Waals surface area (Å²) in [6, 6.07) is 10.8. The molecule has 7 nitrogen and oxygen atoms in total. The fourth-order valence-corrected chi connectivity index (χ4v) is 2.13. The molecule has 2 rings (SSSR count). The van der Waals surface area contributed by atoms with Crippen LogP contribution in [0.4, 0.5) is 10.5 Å². The second kappa shape index (κ2) is 8.21. The highest BCUT2D eigenvalue weighted by atomic mass is 79.9. The van der Waals surface area contributed by atoms with E-state index in [1.165, 1.54) is 12.1 Å². The van der Waals surface area contributed by atoms with Gasteiger partial charge in [-0.25, -0.2) is 10.2 Å². The minimum absolute atomic E-state index is 0.114. The van der Waals surface area contributed by atoms with Crippen molar-refractivity contribution in [2.75, 3.05) is 5.32 Å². The van der Waals surface area contributed by atoms with E-state index >= 15 is 0 Å². The van der Waals surface area contributed by atoms with Gasteiger partial charge in [-0.05, 0) is 48.4 Å². The molecule has 5 N–H and O–H groups in total. The summed E-state index contributed by atoms with van der Waals surface area (Å²) in [5, 5.41) is 21.2. The minimum atomic E-state index is -0.562. The van der Waals surface area contributed by atoms with Crippen LogP contribution in [0.3, 0.4) is 0 Å². The molecule has 0 unspecified atom stereocenters. The molecule has 126 valence electrons. The zero-order valence-corrected chi connectivity index (χ0v) is 14.1. The normalized spacial score (nSPS) is 10.0. The van der Waals surface area contributed by atoms with E-state index in [4.69, 9.17) is 0 Å². The van der Waals surface area contributed by atoms with Crippen LogP contribution in [0.15, 0.2) is 46.9 Å². The van der Waals surface area contributed by atoms with Crippen molar-refractivity contribution in [3.63, 3.8) is 0 Å². The zero-order chi connectivity index (χ0) is 17.5. The topological polar surface area (TPSA) is 111 Å². The van der Waals surface area contributed by atoms with Crippen molar-refractivity contribution in [2.24, 2.45) is 0 Å². The largest absolute Gasteiger partial charge is 0.504 e. The Kier molecular flexibility index (Phi) is 6.02. The predicted molar refractivity (Wildman–Crippen MR) is 92.5 cm³/mol. The number of anilines is 1. The van der Waals surface area contributed by atoms with Gasteiger partial charge in [0.05, 0.1) is 0 Å². The molecule has 2 aromatic rings. The summed E-state index contributed by atoms with van der Waals surface area (Å²) < 4.78 is 0.891. The van der Waals surface area contributed by atoms with E-state index in [9.17, 15) is 19.8 Å². The lowest BCUT2D eigenvalue weighted by molar-refractivity contribution is -0.121. The number of carbonyl (C=O) groups is 2. The first-order valence-electron chi connectivity index (χ1n) is 7.06. The number of nitrogens with one attached hydrogen (secondary N) is 3. The second-order valence-electron chi connectivity index (χ2n) is 4.96. The molecule has 24 heavy (non-hydrogen) atoms. The lowest BCUT2D eigenvalue weighted by Crippen LogP contribution is -2.43. The first-order valence-corrected chi connectivity index (χ1v) is 7.85. The van der Waals surface area contributed by atoms with Crippen molar-refractivity contribution in [3.8, 4) is 11.5 Å². The van der Waals surface area contributed by atoms with Crippen LogP contribution in [-0.2, 0) is 11.2 Å². The van der Waals surface area contributed by atoms with Crippen LogP contribution in [0.5, 0.6) is 11.5 Å². The summed E-state index contributed by atoms with van der Waals surface area (Å²) in [6.45, 7) is 0. The number of phenolic OH excluding ortho intramolecular Hbond substituents is 2. The zero-order valence-electron chi connectivity index (χ0n) is 12.5. The summed E-state index contributed by atoms with van der Waals surface area (Å²) in [5.41, 5.74) is 5.82. The molecular formula is C16H16BrN3O4. The fraction of sp³-hybridized carbons (Fsp3) is 0.125. The molecule has 0 fully saturated rings. The Balaban J connectivity index is 1.73. The maximum absolute atomic E-state index is 11.7. The van der Waals surface area contributed by atoms with Crippen molar-refractivity contribution < 1.29 is 19.8 Å². The summed E-state index contributed by atoms with van der Waals surface area (Å²) in [6.07, 6.45) is 0.471. The smallest absolute Gasteiger partial charge is 0.337 e. The maximum atomic E-state index is 11.7. The Morgan fingerprint density at radius 1 is 0.958 bits per heavy atom. The first kappa shape index (κ1) is 17.6. The molecule has 3 amide bonds. The molecular weight excluding hydrogens is 378 g/mol. The average molecular weight is 394 g/mol. The number of aryl methyl sites for hydroxylation is 1. The summed E-state index contributed by atoms with van der Waals surface area (Å²) in [5.74, 6) is -0.831. The molecule has 0 radical (unpaired) electrons. The van der Waals surface area contributed by atoms with E-state index in [0.717, 1.165) is 4.47 Å². The molecule has 0 saturated heterocycles. The molecule has 0 aliphatic heterocycles. The Bertz CT molecular complexity index is 735. The van der Waals surface area contributed by atoms with E-state index in [1.807, 2.05) is 0 Å². The van der Waals surface area contributed by atoms with E-state index in [0.29, 0.717) is 17.7 Å². The summed E-state index contributed by atoms with van der Waals surface area (Å²) in [4.78, 5) is 23.3. The highest BCUT2D eigenvalue weighted by Crippen LogP contribution is 2.25. The first-order chi connectivity index (χ1) is 11.4. The standard InChI is InChI=1S/C16H16BrN3O4/c17-11-3-5-12(6-4-11)18-16(24)20-19-15(23)8-2-10-1-7-13(21)14(22)9-10/h1,3-7,9,21-22H,2,8H2,(H,19,23)(H2,18,20,24). The summed E-state index contributed by atoms with van der Waals surface area (Å²) in [7, 11) is 0. The Morgan fingerprint density at radius 3 is 2.33 bits per heavy atom. The quantitative estimate of drug-likeness (QED) is 0.406. The maximum Gasteiger partial charge on any atom is 0.337 e. The van der Waals surface area contributed by atoms with E-state index in [1.54, 1.807) is 30.3 Å². The van der Waals surface area contributed by atoms with Gasteiger partial charge in [0.1, 0.15) is 0 Å². The molecule has 2 aromatic carbocycles. The molecule has 0 aliphatic carbocycles. The lowest BCUT2D eigenvalue weighted by Gasteiger charge is -2.09. The van der Waals surface area contributed by atoms with Crippen molar-refractivity contribution in [1.82, 2.24) is 10.9 Å². The van der Waals surface area contributed by atoms with Gasteiger partial charge >= 0.3 is 6.03 Å². The average Bonchev–Trinajstić information content (AvgIpc) is 2.56. The van der Waals surface area contributed by atoms with Crippen LogP contribution < -0.4 is 16.2 Å². The van der Waals surface area contributed by atoms with Gasteiger partial charge in [-0.2, -0.15) is 0 Å². The number of phenols is 2. The number of urea groups is 1. The highest BCUT2D eigenvalue weighted by molar-refractivity contribution is 9.10. The number of hydrogen-bond donors (Lipinski definition) is 5. The molecule has 0 aliphatic rings. The lowest BCUT2D eigenvalue weighted by atomic mass is 10.1. The predicted octanol–water partition coefficient (Wildman–Crippen LogP) is 2.65. The number of halogens is 1. The van der Waals surface area contributed by atoms with Crippen molar-refractivity contribution >= 4 is 33.6 Å². The van der Waals surface area contributed by atoms with Crippen LogP contribution in [0.25, 0.3) is 0 Å². The molecule has 0 saturated carbocycles. The number of benzene rings is 2. The third-order valence-electron chi connectivity index (χ3n) is 3.10. The van der Waals surface area contributed by atoms with Gasteiger partial charge in [-0.15, -0.1) is 0 Å². The molecule has 8 heteroatoms. The second-order valence-corrected chi connectivity index (χ2v) is 5.87. The number of carbonyl (C=O) groups excluding carboxylic acids is 2. The molecule has 0 spiro atoms. The minimum Gasteiger partial charge on any atom is -0.504 e. The van der Waals surface area contributed by atoms with E-state index in [-0.39, 0.29) is 23.8 Å². The van der Waals surface area contributed by atoms with Gasteiger partial charge in [0.2, 0.25) is 5.91 Å². The number of amides is 3. The van der Waals surface area contributed by atoms with Crippen LogP contribution in [0.2, 0.25) is 0 Å². The van der Waals surface area contributed by atoms with Gasteiger partial charge in [0.15, 0.2) is 11.5 Å². The molecule has 0 aromatic heterocycles. The Labute approximate surface area is 146 Å². The van der Waals surface area contributed by atoms with E-state index in [2.05, 4.69) is 32.1 Å². The number of hydrogen-bond acceptors (Lipinski definition) is 4. The van der Waals surface area contributed by atoms with Crippen LogP contribution in [0.1, 0.15) is 12.0 Å². The Hall–Kier alpha value is -2.74. The van der Waals surface area contributed by atoms with E-state index < -0.39 is 6.03 Å². The van der Waals surface area contributed by atoms with Gasteiger partial charge < -0.3 is 15.5 Å². The highest BCUT2D eigenvalue weighted by Gasteiger charge is 2.07. The number of hydrazine groups is 1. The van der Waals surface area contributed by atoms with Crippen molar-refractivity contribution in [2.45, 2.75) is 12.8 Å². The van der Waals surface area contributed by atoms with Gasteiger partial charge in [-0.3, -0.25) is 10.2 Å². The Morgan fingerprint density at radius 2 is 1.67 bits per heavy atom. The van der Waals surface area contributed by atoms with Crippen molar-refractivity contribution in [1.29, 1.82) is 0 Å². The van der Waals surface area contributed by atoms with Gasteiger partial charge in [0.25, 0.3) is 0 Å². The molecule has 0 heterocycles. The number of rotatable bonds is 4. The van der Waals surface area contributed by atoms with Crippen LogP contribution in [0, 0.1) is 0 Å². The van der Waals surface area contributed by atoms with Crippen molar-refractivity contribution in [3.05, 3.63) is 52.5 Å². The van der Waals surface area contributed by atoms with Crippen LogP contribution in [-0.4, -0.2) is 22.2 Å². The van der Waals surface area contributed by atoms with Gasteiger partial charge in [-0.1, -0.05) is 22.0 Å². The summed E-state index contributed by atoms with van der Waals surface area (Å²) >= 11 is 3.29. The van der Waals surface area contributed by atoms with Gasteiger partial charge in [0, 0.05) is 16.6 Å². The number of aromatic hydroxyl groups is 2. The third kappa shape index (κ3) is 5.47. The third-order valence-corrected chi connectivity index (χ3v) is 3.63. The SMILES string of the molecule is O=C(CCc1ccc(O)c(O)c1)NNC(=O)Nc1ccc(Br)cc1. The monoisotopic (exact) mass is 393 g/mol. The fourth-order valence-electron chi connectivity index (χ4n) is 1.87.